The highest BCUT2D eigenvalue weighted by Gasteiger charge is 2.32. The van der Waals surface area contributed by atoms with Gasteiger partial charge in [-0.25, -0.2) is 5.50 Å². The van der Waals surface area contributed by atoms with Crippen LogP contribution in [-0.2, 0) is 18.6 Å². The molecule has 1 aliphatic heterocycles. The zero-order valence-corrected chi connectivity index (χ0v) is 10.5. The number of nitrogens with two attached hydrogens (primary N) is 1. The number of ether oxygens (including phenoxy) is 2. The van der Waals surface area contributed by atoms with Gasteiger partial charge in [-0.1, -0.05) is 13.8 Å². The molecule has 0 amide bonds. The van der Waals surface area contributed by atoms with Gasteiger partial charge in [-0.3, -0.25) is 9.09 Å². The molecule has 0 aromatic carbocycles. The van der Waals surface area contributed by atoms with Crippen molar-refractivity contribution in [3.63, 3.8) is 0 Å². The fourth-order valence-electron chi connectivity index (χ4n) is 1.44. The third-order valence-corrected chi connectivity index (χ3v) is 2.73. The zero-order valence-electron chi connectivity index (χ0n) is 8.89. The minimum Gasteiger partial charge on any atom is -0.348 e. The van der Waals surface area contributed by atoms with Gasteiger partial charge < -0.3 is 9.47 Å². The predicted octanol–water partition coefficient (Wildman–Crippen LogP) is 2.10. The first-order chi connectivity index (χ1) is 6.88. The Bertz CT molecular complexity index is 239. The monoisotopic (exact) mass is 257 g/mol. The summed E-state index contributed by atoms with van der Waals surface area (Å²) in [6.45, 7) is 1.54. The molecule has 0 saturated carbocycles. The first kappa shape index (κ1) is 13.4. The maximum Gasteiger partial charge on any atom is 0.358 e. The van der Waals surface area contributed by atoms with Gasteiger partial charge in [0.15, 0.2) is 6.29 Å². The van der Waals surface area contributed by atoms with Gasteiger partial charge in [0.05, 0.1) is 13.2 Å². The van der Waals surface area contributed by atoms with Crippen LogP contribution in [0, 0.1) is 5.92 Å². The van der Waals surface area contributed by atoms with Crippen molar-refractivity contribution >= 4 is 18.1 Å². The number of hydrogen-bond donors (Lipinski definition) is 1. The Balaban J connectivity index is 2.55. The van der Waals surface area contributed by atoms with Crippen LogP contribution in [0.5, 0.6) is 0 Å². The van der Waals surface area contributed by atoms with Gasteiger partial charge in [-0.15, -0.1) is 0 Å². The largest absolute Gasteiger partial charge is 0.358 e. The minimum absolute atomic E-state index is 0.353. The van der Waals surface area contributed by atoms with Crippen molar-refractivity contribution in [1.82, 2.24) is 0 Å². The highest BCUT2D eigenvalue weighted by atomic mass is 35.7. The summed E-state index contributed by atoms with van der Waals surface area (Å²) >= 11 is 5.39. The molecule has 2 N–H and O–H groups in total. The SMILES string of the molecule is CC(C)CC(OP(N)(=O)Cl)C1OCCO1. The van der Waals surface area contributed by atoms with Crippen molar-refractivity contribution in [3.8, 4) is 0 Å². The highest BCUT2D eigenvalue weighted by Crippen LogP contribution is 2.46. The van der Waals surface area contributed by atoms with E-state index in [4.69, 9.17) is 30.7 Å². The number of halogens is 1. The van der Waals surface area contributed by atoms with Crippen LogP contribution in [0.4, 0.5) is 0 Å². The predicted molar refractivity (Wildman–Crippen MR) is 57.7 cm³/mol. The average Bonchev–Trinajstić information content (AvgIpc) is 2.50. The molecule has 1 fully saturated rings. The van der Waals surface area contributed by atoms with Gasteiger partial charge in [0, 0.05) is 0 Å². The normalized spacial score (nSPS) is 24.3. The van der Waals surface area contributed by atoms with E-state index in [2.05, 4.69) is 0 Å². The molecule has 1 heterocycles. The van der Waals surface area contributed by atoms with E-state index in [0.29, 0.717) is 25.6 Å². The molecule has 0 radical (unpaired) electrons. The molecule has 90 valence electrons. The van der Waals surface area contributed by atoms with E-state index in [1.54, 1.807) is 0 Å². The van der Waals surface area contributed by atoms with Crippen LogP contribution in [0.25, 0.3) is 0 Å². The molecular formula is C8H17ClNO4P. The second kappa shape index (κ2) is 5.62. The lowest BCUT2D eigenvalue weighted by molar-refractivity contribution is -0.114. The Hall–Kier alpha value is 0.360. The fourth-order valence-corrected chi connectivity index (χ4v) is 2.31. The van der Waals surface area contributed by atoms with E-state index in [-0.39, 0.29) is 0 Å². The van der Waals surface area contributed by atoms with Crippen LogP contribution in [0.1, 0.15) is 20.3 Å². The van der Waals surface area contributed by atoms with Gasteiger partial charge in [-0.05, 0) is 23.6 Å². The van der Waals surface area contributed by atoms with Crippen molar-refractivity contribution in [2.75, 3.05) is 13.2 Å². The highest BCUT2D eigenvalue weighted by molar-refractivity contribution is 7.83. The Morgan fingerprint density at radius 3 is 2.47 bits per heavy atom. The van der Waals surface area contributed by atoms with Crippen LogP contribution >= 0.6 is 18.1 Å². The van der Waals surface area contributed by atoms with Gasteiger partial charge in [-0.2, -0.15) is 0 Å². The van der Waals surface area contributed by atoms with Crippen molar-refractivity contribution in [2.24, 2.45) is 11.4 Å². The first-order valence-electron chi connectivity index (χ1n) is 4.88. The van der Waals surface area contributed by atoms with Gasteiger partial charge in [0.1, 0.15) is 6.10 Å². The fraction of sp³-hybridized carbons (Fsp3) is 1.00. The molecule has 0 aromatic rings. The molecule has 5 nitrogen and oxygen atoms in total. The Morgan fingerprint density at radius 1 is 1.53 bits per heavy atom. The van der Waals surface area contributed by atoms with Crippen LogP contribution in [0.15, 0.2) is 0 Å². The maximum atomic E-state index is 11.2. The van der Waals surface area contributed by atoms with E-state index in [0.717, 1.165) is 0 Å². The standard InChI is InChI=1S/C8H17ClNO4P/c1-6(2)5-7(14-15(9,10)11)8-12-3-4-13-8/h6-8H,3-5H2,1-2H3,(H2,10,11). The van der Waals surface area contributed by atoms with Crippen LogP contribution < -0.4 is 5.50 Å². The minimum atomic E-state index is -3.52. The van der Waals surface area contributed by atoms with Crippen molar-refractivity contribution in [2.45, 2.75) is 32.7 Å². The summed E-state index contributed by atoms with van der Waals surface area (Å²) in [4.78, 5) is 0. The van der Waals surface area contributed by atoms with Crippen molar-refractivity contribution in [3.05, 3.63) is 0 Å². The van der Waals surface area contributed by atoms with E-state index >= 15 is 0 Å². The Kier molecular flexibility index (Phi) is 5.03. The van der Waals surface area contributed by atoms with E-state index in [9.17, 15) is 4.57 Å². The molecule has 0 aliphatic carbocycles. The molecule has 2 unspecified atom stereocenters. The van der Waals surface area contributed by atoms with Gasteiger partial charge >= 0.3 is 6.87 Å². The summed E-state index contributed by atoms with van der Waals surface area (Å²) in [5.74, 6) is 0.353. The van der Waals surface area contributed by atoms with E-state index in [1.165, 1.54) is 0 Å². The third-order valence-electron chi connectivity index (χ3n) is 1.93. The summed E-state index contributed by atoms with van der Waals surface area (Å²) in [7, 11) is 0. The summed E-state index contributed by atoms with van der Waals surface area (Å²) in [6, 6.07) is 0. The Labute approximate surface area is 94.5 Å². The summed E-state index contributed by atoms with van der Waals surface area (Å²) in [5, 5.41) is 0. The lowest BCUT2D eigenvalue weighted by atomic mass is 10.1. The average molecular weight is 258 g/mol. The lowest BCUT2D eigenvalue weighted by Crippen LogP contribution is -2.30. The lowest BCUT2D eigenvalue weighted by Gasteiger charge is -2.24. The van der Waals surface area contributed by atoms with Crippen LogP contribution in [0.3, 0.4) is 0 Å². The van der Waals surface area contributed by atoms with Crippen LogP contribution in [0.2, 0.25) is 0 Å². The molecular weight excluding hydrogens is 241 g/mol. The van der Waals surface area contributed by atoms with Crippen LogP contribution in [-0.4, -0.2) is 25.6 Å². The second-order valence-electron chi connectivity index (χ2n) is 3.90. The first-order valence-corrected chi connectivity index (χ1v) is 7.48. The summed E-state index contributed by atoms with van der Waals surface area (Å²) in [5.41, 5.74) is 5.17. The van der Waals surface area contributed by atoms with Crippen molar-refractivity contribution < 1.29 is 18.6 Å². The molecule has 0 bridgehead atoms. The zero-order chi connectivity index (χ0) is 11.5. The molecule has 2 atom stereocenters. The number of rotatable bonds is 5. The van der Waals surface area contributed by atoms with Gasteiger partial charge in [0.2, 0.25) is 0 Å². The smallest absolute Gasteiger partial charge is 0.348 e. The molecule has 1 saturated heterocycles. The topological polar surface area (TPSA) is 70.8 Å². The molecule has 0 spiro atoms. The molecule has 1 rings (SSSR count). The molecule has 15 heavy (non-hydrogen) atoms. The molecule has 1 aliphatic rings. The third kappa shape index (κ3) is 5.29. The Morgan fingerprint density at radius 2 is 2.07 bits per heavy atom. The summed E-state index contributed by atoms with van der Waals surface area (Å²) in [6.07, 6.45) is -0.345. The number of hydrogen-bond acceptors (Lipinski definition) is 4. The quantitative estimate of drug-likeness (QED) is 0.764. The van der Waals surface area contributed by atoms with E-state index < -0.39 is 19.3 Å². The summed E-state index contributed by atoms with van der Waals surface area (Å²) < 4.78 is 26.8. The molecule has 0 aromatic heterocycles. The molecule has 7 heteroatoms. The maximum absolute atomic E-state index is 11.2. The van der Waals surface area contributed by atoms with Crippen molar-refractivity contribution in [1.29, 1.82) is 0 Å². The van der Waals surface area contributed by atoms with Gasteiger partial charge in [0.25, 0.3) is 0 Å². The second-order valence-corrected chi connectivity index (χ2v) is 6.57. The van der Waals surface area contributed by atoms with E-state index in [1.807, 2.05) is 13.8 Å².